The number of hydrogen-bond donors (Lipinski definition) is 0. The Bertz CT molecular complexity index is 417. The van der Waals surface area contributed by atoms with Crippen molar-refractivity contribution in [1.29, 1.82) is 0 Å². The van der Waals surface area contributed by atoms with Gasteiger partial charge in [0.15, 0.2) is 0 Å². The summed E-state index contributed by atoms with van der Waals surface area (Å²) < 4.78 is 38.7. The first-order valence-electron chi connectivity index (χ1n) is 5.98. The van der Waals surface area contributed by atoms with Gasteiger partial charge in [0, 0.05) is 19.0 Å². The van der Waals surface area contributed by atoms with E-state index in [0.717, 1.165) is 25.1 Å². The zero-order valence-corrected chi connectivity index (χ0v) is 10.7. The van der Waals surface area contributed by atoms with Crippen LogP contribution in [0.15, 0.2) is 18.2 Å². The summed E-state index contributed by atoms with van der Waals surface area (Å²) in [6.45, 7) is 1.95. The molecule has 0 spiro atoms. The Morgan fingerprint density at radius 2 is 2.06 bits per heavy atom. The van der Waals surface area contributed by atoms with Crippen LogP contribution in [-0.2, 0) is 19.1 Å². The maximum atomic E-state index is 12.9. The van der Waals surface area contributed by atoms with Crippen LogP contribution in [0.5, 0.6) is 0 Å². The molecule has 1 nitrogen and oxygen atoms in total. The molecule has 0 bridgehead atoms. The largest absolute Gasteiger partial charge is 0.416 e. The first-order chi connectivity index (χ1) is 8.52. The van der Waals surface area contributed by atoms with Crippen molar-refractivity contribution in [3.8, 4) is 0 Å². The summed E-state index contributed by atoms with van der Waals surface area (Å²) in [6.07, 6.45) is -2.77. The van der Waals surface area contributed by atoms with E-state index in [1.165, 1.54) is 12.1 Å². The molecule has 1 heterocycles. The van der Waals surface area contributed by atoms with E-state index in [9.17, 15) is 13.2 Å². The van der Waals surface area contributed by atoms with Gasteiger partial charge in [0.05, 0.1) is 5.56 Å². The Hall–Kier alpha value is -0.740. The average Bonchev–Trinajstić information content (AvgIpc) is 2.34. The van der Waals surface area contributed by atoms with Crippen LogP contribution in [0.3, 0.4) is 0 Å². The third kappa shape index (κ3) is 2.98. The molecule has 0 radical (unpaired) electrons. The van der Waals surface area contributed by atoms with Crippen molar-refractivity contribution in [2.45, 2.75) is 25.6 Å². The van der Waals surface area contributed by atoms with Crippen molar-refractivity contribution in [3.63, 3.8) is 0 Å². The molecule has 0 aromatic heterocycles. The maximum absolute atomic E-state index is 12.9. The third-order valence-electron chi connectivity index (χ3n) is 3.27. The monoisotopic (exact) mass is 277 g/mol. The molecule has 0 saturated heterocycles. The number of alkyl halides is 4. The quantitative estimate of drug-likeness (QED) is 0.762. The van der Waals surface area contributed by atoms with Gasteiger partial charge in [-0.25, -0.2) is 0 Å². The van der Waals surface area contributed by atoms with Gasteiger partial charge < -0.3 is 0 Å². The summed E-state index contributed by atoms with van der Waals surface area (Å²) in [7, 11) is 0. The highest BCUT2D eigenvalue weighted by Crippen LogP contribution is 2.35. The molecule has 0 fully saturated rings. The molecule has 1 aliphatic heterocycles. The maximum Gasteiger partial charge on any atom is 0.416 e. The smallest absolute Gasteiger partial charge is 0.299 e. The molecule has 1 aromatic rings. The summed E-state index contributed by atoms with van der Waals surface area (Å²) in [5.41, 5.74) is 0.772. The fraction of sp³-hybridized carbons (Fsp3) is 0.538. The van der Waals surface area contributed by atoms with Crippen LogP contribution in [0.25, 0.3) is 0 Å². The van der Waals surface area contributed by atoms with Crippen LogP contribution >= 0.6 is 11.6 Å². The number of hydrogen-bond acceptors (Lipinski definition) is 1. The van der Waals surface area contributed by atoms with Crippen molar-refractivity contribution < 1.29 is 13.2 Å². The number of fused-ring (bicyclic) bond motifs is 1. The molecular formula is C13H15ClF3N. The van der Waals surface area contributed by atoms with E-state index >= 15 is 0 Å². The predicted molar refractivity (Wildman–Crippen MR) is 65.8 cm³/mol. The Kier molecular flexibility index (Phi) is 4.17. The molecule has 0 aliphatic carbocycles. The summed E-state index contributed by atoms with van der Waals surface area (Å²) in [6, 6.07) is 4.46. The van der Waals surface area contributed by atoms with Gasteiger partial charge in [-0.15, -0.1) is 11.6 Å². The van der Waals surface area contributed by atoms with Crippen LogP contribution < -0.4 is 0 Å². The van der Waals surface area contributed by atoms with Crippen molar-refractivity contribution in [1.82, 2.24) is 4.90 Å². The molecule has 0 amide bonds. The normalized spacial score (nSPS) is 16.7. The highest BCUT2D eigenvalue weighted by molar-refractivity contribution is 6.17. The molecule has 100 valence electrons. The highest BCUT2D eigenvalue weighted by atomic mass is 35.5. The molecule has 0 saturated carbocycles. The second kappa shape index (κ2) is 5.49. The summed E-state index contributed by atoms with van der Waals surface area (Å²) in [5.74, 6) is 0.546. The van der Waals surface area contributed by atoms with Crippen molar-refractivity contribution in [2.24, 2.45) is 0 Å². The molecule has 0 atom stereocenters. The molecule has 2 rings (SSSR count). The SMILES string of the molecule is FC(F)(F)c1cccc2c1CN(CCCCl)CC2. The van der Waals surface area contributed by atoms with Crippen molar-refractivity contribution in [3.05, 3.63) is 34.9 Å². The van der Waals surface area contributed by atoms with Gasteiger partial charge in [-0.1, -0.05) is 12.1 Å². The summed E-state index contributed by atoms with van der Waals surface area (Å²) in [4.78, 5) is 2.04. The van der Waals surface area contributed by atoms with Gasteiger partial charge in [-0.3, -0.25) is 4.90 Å². The van der Waals surface area contributed by atoms with Gasteiger partial charge >= 0.3 is 6.18 Å². The summed E-state index contributed by atoms with van der Waals surface area (Å²) >= 11 is 5.62. The zero-order valence-electron chi connectivity index (χ0n) is 9.93. The predicted octanol–water partition coefficient (Wildman–Crippen LogP) is 3.69. The van der Waals surface area contributed by atoms with E-state index in [1.807, 2.05) is 4.90 Å². The van der Waals surface area contributed by atoms with Gasteiger partial charge in [0.25, 0.3) is 0 Å². The standard InChI is InChI=1S/C13H15ClF3N/c14-6-2-7-18-8-5-10-3-1-4-12(11(10)9-18)13(15,16)17/h1,3-4H,2,5-9H2. The fourth-order valence-corrected chi connectivity index (χ4v) is 2.50. The van der Waals surface area contributed by atoms with Gasteiger partial charge in [-0.05, 0) is 36.6 Å². The third-order valence-corrected chi connectivity index (χ3v) is 3.53. The van der Waals surface area contributed by atoms with E-state index in [4.69, 9.17) is 11.6 Å². The molecule has 1 aliphatic rings. The molecule has 0 N–H and O–H groups in total. The Morgan fingerprint density at radius 1 is 1.28 bits per heavy atom. The molecule has 0 unspecified atom stereocenters. The first kappa shape index (κ1) is 13.7. The van der Waals surface area contributed by atoms with E-state index in [2.05, 4.69) is 0 Å². The minimum absolute atomic E-state index is 0.377. The number of benzene rings is 1. The topological polar surface area (TPSA) is 3.24 Å². The number of halogens is 4. The second-order valence-electron chi connectivity index (χ2n) is 4.51. The zero-order chi connectivity index (χ0) is 13.2. The Balaban J connectivity index is 2.23. The lowest BCUT2D eigenvalue weighted by atomic mass is 9.94. The minimum atomic E-state index is -4.26. The average molecular weight is 278 g/mol. The van der Waals surface area contributed by atoms with Gasteiger partial charge in [0.2, 0.25) is 0 Å². The Labute approximate surface area is 110 Å². The molecule has 5 heteroatoms. The minimum Gasteiger partial charge on any atom is -0.299 e. The Morgan fingerprint density at radius 3 is 2.72 bits per heavy atom. The van der Waals surface area contributed by atoms with E-state index < -0.39 is 11.7 Å². The fourth-order valence-electron chi connectivity index (χ4n) is 2.38. The number of rotatable bonds is 3. The lowest BCUT2D eigenvalue weighted by molar-refractivity contribution is -0.138. The summed E-state index contributed by atoms with van der Waals surface area (Å²) in [5, 5.41) is 0. The van der Waals surface area contributed by atoms with Crippen LogP contribution in [0.4, 0.5) is 13.2 Å². The highest BCUT2D eigenvalue weighted by Gasteiger charge is 2.35. The second-order valence-corrected chi connectivity index (χ2v) is 4.89. The molecular weight excluding hydrogens is 263 g/mol. The van der Waals surface area contributed by atoms with Crippen LogP contribution in [0.2, 0.25) is 0 Å². The van der Waals surface area contributed by atoms with Crippen LogP contribution in [0.1, 0.15) is 23.1 Å². The van der Waals surface area contributed by atoms with E-state index in [1.54, 1.807) is 6.07 Å². The van der Waals surface area contributed by atoms with Gasteiger partial charge in [-0.2, -0.15) is 13.2 Å². The lowest BCUT2D eigenvalue weighted by Crippen LogP contribution is -2.33. The van der Waals surface area contributed by atoms with E-state index in [0.29, 0.717) is 24.4 Å². The van der Waals surface area contributed by atoms with Crippen molar-refractivity contribution >= 4 is 11.6 Å². The number of nitrogens with zero attached hydrogens (tertiary/aromatic N) is 1. The molecule has 1 aromatic carbocycles. The first-order valence-corrected chi connectivity index (χ1v) is 6.52. The van der Waals surface area contributed by atoms with Crippen LogP contribution in [0, 0.1) is 0 Å². The van der Waals surface area contributed by atoms with Crippen LogP contribution in [-0.4, -0.2) is 23.9 Å². The van der Waals surface area contributed by atoms with Crippen molar-refractivity contribution in [2.75, 3.05) is 19.0 Å². The van der Waals surface area contributed by atoms with E-state index in [-0.39, 0.29) is 0 Å². The lowest BCUT2D eigenvalue weighted by Gasteiger charge is -2.30. The van der Waals surface area contributed by atoms with Gasteiger partial charge in [0.1, 0.15) is 0 Å². The molecule has 18 heavy (non-hydrogen) atoms.